The van der Waals surface area contributed by atoms with Gasteiger partial charge in [-0.3, -0.25) is 4.79 Å². The Morgan fingerprint density at radius 3 is 2.50 bits per heavy atom. The molecule has 1 fully saturated rings. The van der Waals surface area contributed by atoms with Crippen LogP contribution in [0.25, 0.3) is 0 Å². The molecule has 3 heteroatoms. The maximum absolute atomic E-state index is 11.3. The summed E-state index contributed by atoms with van der Waals surface area (Å²) in [7, 11) is 3.38. The maximum atomic E-state index is 11.3. The lowest BCUT2D eigenvalue weighted by atomic mass is 10.1. The topological polar surface area (TPSA) is 29.5 Å². The zero-order valence-electron chi connectivity index (χ0n) is 6.68. The molecular weight excluding hydrogens is 130 g/mol. The predicted molar refractivity (Wildman–Crippen MR) is 37.7 cm³/mol. The molecule has 1 heterocycles. The number of likely N-dealkylation sites (tertiary alicyclic amines) is 1. The third-order valence-corrected chi connectivity index (χ3v) is 2.17. The Labute approximate surface area is 61.0 Å². The van der Waals surface area contributed by atoms with E-state index in [1.165, 1.54) is 0 Å². The molecule has 1 atom stereocenters. The second kappa shape index (κ2) is 2.23. The number of rotatable bonds is 1. The van der Waals surface area contributed by atoms with Crippen LogP contribution >= 0.6 is 0 Å². The second-order valence-electron chi connectivity index (χ2n) is 2.91. The molecule has 0 N–H and O–H groups in total. The molecule has 0 aliphatic carbocycles. The Hall–Kier alpha value is -0.570. The maximum Gasteiger partial charge on any atom is 0.254 e. The minimum absolute atomic E-state index is 0.0926. The Kier molecular flexibility index (Phi) is 1.68. The third-order valence-electron chi connectivity index (χ3n) is 2.17. The molecule has 0 aromatic rings. The molecule has 0 unspecified atom stereocenters. The van der Waals surface area contributed by atoms with E-state index in [1.54, 1.807) is 19.1 Å². The van der Waals surface area contributed by atoms with E-state index in [4.69, 9.17) is 4.74 Å². The predicted octanol–water partition coefficient (Wildman–Crippen LogP) is 0.254. The fourth-order valence-electron chi connectivity index (χ4n) is 1.18. The van der Waals surface area contributed by atoms with Gasteiger partial charge in [0, 0.05) is 27.1 Å². The molecule has 0 aromatic carbocycles. The van der Waals surface area contributed by atoms with Crippen LogP contribution in [0.3, 0.4) is 0 Å². The average Bonchev–Trinajstić information content (AvgIpc) is 2.19. The van der Waals surface area contributed by atoms with Gasteiger partial charge in [-0.25, -0.2) is 0 Å². The van der Waals surface area contributed by atoms with Crippen molar-refractivity contribution in [2.75, 3.05) is 20.7 Å². The van der Waals surface area contributed by atoms with Gasteiger partial charge >= 0.3 is 0 Å². The monoisotopic (exact) mass is 143 g/mol. The van der Waals surface area contributed by atoms with E-state index in [2.05, 4.69) is 0 Å². The number of likely N-dealkylation sites (N-methyl/N-ethyl adjacent to an activating group) is 1. The molecular formula is C7H13NO2. The van der Waals surface area contributed by atoms with Crippen LogP contribution in [0.2, 0.25) is 0 Å². The van der Waals surface area contributed by atoms with E-state index in [1.807, 2.05) is 6.92 Å². The number of carbonyl (C=O) groups excluding carboxylic acids is 1. The fourth-order valence-corrected chi connectivity index (χ4v) is 1.18. The summed E-state index contributed by atoms with van der Waals surface area (Å²) in [5.74, 6) is 0.0926. The highest BCUT2D eigenvalue weighted by Gasteiger charge is 2.40. The first-order valence-electron chi connectivity index (χ1n) is 3.41. The Bertz CT molecular complexity index is 158. The molecule has 1 aliphatic heterocycles. The Morgan fingerprint density at radius 1 is 1.70 bits per heavy atom. The largest absolute Gasteiger partial charge is 0.369 e. The molecule has 1 rings (SSSR count). The summed E-state index contributed by atoms with van der Waals surface area (Å²) in [5, 5.41) is 0. The minimum Gasteiger partial charge on any atom is -0.369 e. The highest BCUT2D eigenvalue weighted by atomic mass is 16.5. The van der Waals surface area contributed by atoms with Gasteiger partial charge in [-0.1, -0.05) is 0 Å². The Balaban J connectivity index is 2.73. The van der Waals surface area contributed by atoms with Gasteiger partial charge in [0.25, 0.3) is 5.91 Å². The van der Waals surface area contributed by atoms with Crippen LogP contribution in [0, 0.1) is 0 Å². The highest BCUT2D eigenvalue weighted by Crippen LogP contribution is 2.23. The van der Waals surface area contributed by atoms with Gasteiger partial charge in [-0.05, 0) is 6.92 Å². The van der Waals surface area contributed by atoms with Crippen molar-refractivity contribution in [3.8, 4) is 0 Å². The summed E-state index contributed by atoms with van der Waals surface area (Å²) in [4.78, 5) is 13.0. The number of carbonyl (C=O) groups is 1. The standard InChI is InChI=1S/C7H13NO2/c1-7(10-3)4-5-8(2)6(7)9/h4-5H2,1-3H3/t7-/m0/s1. The average molecular weight is 143 g/mol. The first kappa shape index (κ1) is 7.54. The second-order valence-corrected chi connectivity index (χ2v) is 2.91. The normalized spacial score (nSPS) is 33.5. The van der Waals surface area contributed by atoms with Crippen molar-refractivity contribution in [2.45, 2.75) is 18.9 Å². The lowest BCUT2D eigenvalue weighted by Crippen LogP contribution is -2.37. The molecule has 3 nitrogen and oxygen atoms in total. The van der Waals surface area contributed by atoms with E-state index in [-0.39, 0.29) is 5.91 Å². The van der Waals surface area contributed by atoms with Gasteiger partial charge < -0.3 is 9.64 Å². The molecule has 1 aliphatic rings. The molecule has 0 radical (unpaired) electrons. The molecule has 10 heavy (non-hydrogen) atoms. The van der Waals surface area contributed by atoms with E-state index in [0.29, 0.717) is 0 Å². The first-order chi connectivity index (χ1) is 4.60. The summed E-state index contributed by atoms with van der Waals surface area (Å²) in [6.07, 6.45) is 0.804. The zero-order chi connectivity index (χ0) is 7.78. The quantitative estimate of drug-likeness (QED) is 0.526. The van der Waals surface area contributed by atoms with Crippen molar-refractivity contribution >= 4 is 5.91 Å². The van der Waals surface area contributed by atoms with Crippen molar-refractivity contribution in [1.29, 1.82) is 0 Å². The van der Waals surface area contributed by atoms with Gasteiger partial charge in [0.15, 0.2) is 0 Å². The van der Waals surface area contributed by atoms with Crippen molar-refractivity contribution in [3.05, 3.63) is 0 Å². The summed E-state index contributed by atoms with van der Waals surface area (Å²) in [5.41, 5.74) is -0.547. The fraction of sp³-hybridized carbons (Fsp3) is 0.857. The molecule has 0 aromatic heterocycles. The van der Waals surface area contributed by atoms with Crippen LogP contribution < -0.4 is 0 Å². The van der Waals surface area contributed by atoms with E-state index >= 15 is 0 Å². The van der Waals surface area contributed by atoms with Crippen molar-refractivity contribution in [2.24, 2.45) is 0 Å². The van der Waals surface area contributed by atoms with Gasteiger partial charge in [0.2, 0.25) is 0 Å². The van der Waals surface area contributed by atoms with E-state index in [0.717, 1.165) is 13.0 Å². The molecule has 0 spiro atoms. The van der Waals surface area contributed by atoms with Crippen LogP contribution in [0.15, 0.2) is 0 Å². The van der Waals surface area contributed by atoms with Crippen LogP contribution in [-0.2, 0) is 9.53 Å². The number of nitrogens with zero attached hydrogens (tertiary/aromatic N) is 1. The molecule has 0 bridgehead atoms. The molecule has 0 saturated carbocycles. The number of ether oxygens (including phenoxy) is 1. The van der Waals surface area contributed by atoms with Crippen molar-refractivity contribution in [1.82, 2.24) is 4.90 Å². The summed E-state index contributed by atoms with van der Waals surface area (Å²) in [6, 6.07) is 0. The highest BCUT2D eigenvalue weighted by molar-refractivity contribution is 5.86. The van der Waals surface area contributed by atoms with E-state index < -0.39 is 5.60 Å². The Morgan fingerprint density at radius 2 is 2.30 bits per heavy atom. The van der Waals surface area contributed by atoms with Crippen LogP contribution in [0.5, 0.6) is 0 Å². The van der Waals surface area contributed by atoms with Crippen LogP contribution in [0.1, 0.15) is 13.3 Å². The lowest BCUT2D eigenvalue weighted by molar-refractivity contribution is -0.143. The third kappa shape index (κ3) is 0.904. The summed E-state index contributed by atoms with van der Waals surface area (Å²) >= 11 is 0. The number of hydrogen-bond acceptors (Lipinski definition) is 2. The minimum atomic E-state index is -0.547. The molecule has 1 amide bonds. The lowest BCUT2D eigenvalue weighted by Gasteiger charge is -2.19. The van der Waals surface area contributed by atoms with Crippen LogP contribution in [0.4, 0.5) is 0 Å². The van der Waals surface area contributed by atoms with Crippen molar-refractivity contribution < 1.29 is 9.53 Å². The molecule has 58 valence electrons. The SMILES string of the molecule is CO[C@@]1(C)CCN(C)C1=O. The summed E-state index contributed by atoms with van der Waals surface area (Å²) in [6.45, 7) is 2.64. The van der Waals surface area contributed by atoms with Crippen molar-refractivity contribution in [3.63, 3.8) is 0 Å². The van der Waals surface area contributed by atoms with Gasteiger partial charge in [-0.15, -0.1) is 0 Å². The zero-order valence-corrected chi connectivity index (χ0v) is 6.68. The number of methoxy groups -OCH3 is 1. The van der Waals surface area contributed by atoms with E-state index in [9.17, 15) is 4.79 Å². The van der Waals surface area contributed by atoms with Gasteiger partial charge in [0.05, 0.1) is 0 Å². The molecule has 1 saturated heterocycles. The van der Waals surface area contributed by atoms with Gasteiger partial charge in [-0.2, -0.15) is 0 Å². The smallest absolute Gasteiger partial charge is 0.254 e. The number of amides is 1. The first-order valence-corrected chi connectivity index (χ1v) is 3.41. The van der Waals surface area contributed by atoms with Gasteiger partial charge in [0.1, 0.15) is 5.60 Å². The summed E-state index contributed by atoms with van der Waals surface area (Å²) < 4.78 is 5.09. The number of hydrogen-bond donors (Lipinski definition) is 0. The van der Waals surface area contributed by atoms with Crippen LogP contribution in [-0.4, -0.2) is 37.1 Å².